The van der Waals surface area contributed by atoms with Gasteiger partial charge < -0.3 is 24.8 Å². The van der Waals surface area contributed by atoms with Gasteiger partial charge in [-0.15, -0.1) is 4.94 Å². The van der Waals surface area contributed by atoms with Crippen LogP contribution < -0.4 is 24.8 Å². The van der Waals surface area contributed by atoms with Crippen LogP contribution in [-0.2, 0) is 9.74 Å². The summed E-state index contributed by atoms with van der Waals surface area (Å²) in [4.78, 5) is 13.8. The van der Waals surface area contributed by atoms with Gasteiger partial charge in [-0.05, 0) is 89.5 Å². The quantitative estimate of drug-likeness (QED) is 0.144. The minimum atomic E-state index is -5.91. The number of carbonyl (C=O) groups excluding carboxylic acids is 1. The van der Waals surface area contributed by atoms with Crippen LogP contribution in [0.3, 0.4) is 0 Å². The maximum absolute atomic E-state index is 13.6. The summed E-state index contributed by atoms with van der Waals surface area (Å²) in [7, 11) is 0. The van der Waals surface area contributed by atoms with E-state index in [1.165, 1.54) is 12.1 Å². The minimum absolute atomic E-state index is 0.241. The molecule has 2 N–H and O–H groups in total. The Morgan fingerprint density at radius 2 is 1.07 bits per heavy atom. The number of rotatable bonds is 11. The number of nitrogens with one attached hydrogen (secondary N) is 2. The van der Waals surface area contributed by atoms with Crippen molar-refractivity contribution in [2.75, 3.05) is 17.4 Å². The number of anilines is 2. The third kappa shape index (κ3) is 7.17. The molecular weight excluding hydrogens is 539 g/mol. The first-order valence-electron chi connectivity index (χ1n) is 11.6. The van der Waals surface area contributed by atoms with Crippen molar-refractivity contribution in [3.8, 4) is 28.7 Å². The van der Waals surface area contributed by atoms with Crippen LogP contribution >= 0.6 is 0 Å². The van der Waals surface area contributed by atoms with Gasteiger partial charge in [0.25, 0.3) is 0 Å². The number of ether oxygens (including phenoxy) is 3. The van der Waals surface area contributed by atoms with Gasteiger partial charge in [-0.2, -0.15) is 17.6 Å². The summed E-state index contributed by atoms with van der Waals surface area (Å²) in [5.41, 5.74) is 0.604. The zero-order valence-corrected chi connectivity index (χ0v) is 20.5. The van der Waals surface area contributed by atoms with Crippen LogP contribution in [0, 0.1) is 0 Å². The fourth-order valence-corrected chi connectivity index (χ4v) is 3.23. The van der Waals surface area contributed by atoms with Crippen molar-refractivity contribution in [2.45, 2.75) is 12.0 Å². The predicted octanol–water partition coefficient (Wildman–Crippen LogP) is 7.79. The number of hydrogen-bond donors (Lipinski definition) is 2. The molecule has 40 heavy (non-hydrogen) atoms. The lowest BCUT2D eigenvalue weighted by molar-refractivity contribution is -0.379. The van der Waals surface area contributed by atoms with Crippen LogP contribution in [0.2, 0.25) is 0 Å². The van der Waals surface area contributed by atoms with E-state index in [0.717, 1.165) is 23.6 Å². The Morgan fingerprint density at radius 3 is 1.52 bits per heavy atom. The zero-order chi connectivity index (χ0) is 28.6. The molecule has 0 heterocycles. The van der Waals surface area contributed by atoms with Crippen molar-refractivity contribution >= 4 is 17.3 Å². The Labute approximate surface area is 225 Å². The van der Waals surface area contributed by atoms with Crippen LogP contribution in [-0.4, -0.2) is 24.7 Å². The van der Waals surface area contributed by atoms with Crippen molar-refractivity contribution in [1.29, 1.82) is 0 Å². The molecule has 0 saturated heterocycles. The minimum Gasteiger partial charge on any atom is -0.473 e. The lowest BCUT2D eigenvalue weighted by Gasteiger charge is -2.21. The molecule has 0 aliphatic carbocycles. The van der Waals surface area contributed by atoms with E-state index >= 15 is 0 Å². The molecule has 0 fully saturated rings. The van der Waals surface area contributed by atoms with Crippen LogP contribution in [0.15, 0.2) is 103 Å². The van der Waals surface area contributed by atoms with Gasteiger partial charge in [0, 0.05) is 11.4 Å². The summed E-state index contributed by atoms with van der Waals surface area (Å²) in [6.07, 6.45) is -5.91. The fraction of sp³-hybridized carbons (Fsp3) is 0.107. The van der Waals surface area contributed by atoms with Gasteiger partial charge in [0.2, 0.25) is 0 Å². The van der Waals surface area contributed by atoms with E-state index in [1.54, 1.807) is 41.7 Å². The van der Waals surface area contributed by atoms with Gasteiger partial charge >= 0.3 is 17.9 Å². The molecule has 0 spiro atoms. The van der Waals surface area contributed by atoms with Gasteiger partial charge in [0.05, 0.1) is 0 Å². The molecule has 4 aromatic carbocycles. The summed E-state index contributed by atoms with van der Waals surface area (Å²) in [5.74, 6) is -4.94. The first-order valence-corrected chi connectivity index (χ1v) is 11.6. The van der Waals surface area contributed by atoms with E-state index in [4.69, 9.17) is 14.2 Å². The highest BCUT2D eigenvalue weighted by molar-refractivity contribution is 5.96. The van der Waals surface area contributed by atoms with Crippen LogP contribution in [0.25, 0.3) is 0 Å². The Kier molecular flexibility index (Phi) is 8.70. The Morgan fingerprint density at radius 1 is 0.625 bits per heavy atom. The second kappa shape index (κ2) is 12.3. The molecule has 4 aromatic rings. The van der Waals surface area contributed by atoms with Gasteiger partial charge in [-0.3, -0.25) is 4.79 Å². The lowest BCUT2D eigenvalue weighted by atomic mass is 10.2. The second-order valence-electron chi connectivity index (χ2n) is 8.13. The second-order valence-corrected chi connectivity index (χ2v) is 8.13. The number of para-hydroxylation sites is 1. The van der Waals surface area contributed by atoms with Crippen molar-refractivity contribution in [3.05, 3.63) is 103 Å². The number of amides is 1. The van der Waals surface area contributed by atoms with Gasteiger partial charge in [0.15, 0.2) is 6.73 Å². The summed E-state index contributed by atoms with van der Waals surface area (Å²) < 4.78 is 80.6. The van der Waals surface area contributed by atoms with Gasteiger partial charge in [0.1, 0.15) is 28.7 Å². The summed E-state index contributed by atoms with van der Waals surface area (Å²) in [5, 5.41) is 4.75. The molecule has 0 aliphatic rings. The van der Waals surface area contributed by atoms with E-state index in [9.17, 15) is 26.9 Å². The molecular formula is C28H21F5N2O5. The number of halogens is 5. The van der Waals surface area contributed by atoms with Crippen molar-refractivity contribution in [2.24, 2.45) is 0 Å². The third-order valence-corrected chi connectivity index (χ3v) is 5.28. The molecule has 0 saturated carbocycles. The molecule has 1 amide bonds. The molecule has 7 nitrogen and oxygen atoms in total. The largest absolute Gasteiger partial charge is 0.473 e. The third-order valence-electron chi connectivity index (χ3n) is 5.28. The standard InChI is InChI=1S/C28H21F5N2O5/c29-27(40-33,28(30,31)32)26(36)35-20-8-12-23(13-9-20)39-25-16-14-24(15-17-25)38-22-10-6-19(7-11-22)34-18-37-21-4-2-1-3-5-21/h1-17,34H,18H2,(H,35,36). The number of hydrogen-bond acceptors (Lipinski definition) is 6. The highest BCUT2D eigenvalue weighted by Crippen LogP contribution is 2.37. The number of alkyl halides is 4. The Balaban J connectivity index is 1.26. The van der Waals surface area contributed by atoms with Crippen LogP contribution in [0.4, 0.5) is 33.5 Å². The zero-order valence-electron chi connectivity index (χ0n) is 20.5. The first kappa shape index (κ1) is 28.2. The van der Waals surface area contributed by atoms with E-state index in [0.29, 0.717) is 24.0 Å². The highest BCUT2D eigenvalue weighted by atomic mass is 19.4. The highest BCUT2D eigenvalue weighted by Gasteiger charge is 2.65. The summed E-state index contributed by atoms with van der Waals surface area (Å²) in [6, 6.07) is 28.2. The number of carbonyl (C=O) groups is 1. The van der Waals surface area contributed by atoms with Crippen molar-refractivity contribution in [3.63, 3.8) is 0 Å². The predicted molar refractivity (Wildman–Crippen MR) is 136 cm³/mol. The normalized spacial score (nSPS) is 12.6. The Bertz CT molecular complexity index is 1390. The lowest BCUT2D eigenvalue weighted by Crippen LogP contribution is -2.51. The average molecular weight is 560 g/mol. The molecule has 0 radical (unpaired) electrons. The smallest absolute Gasteiger partial charge is 0.461 e. The maximum Gasteiger partial charge on any atom is 0.461 e. The molecule has 0 aromatic heterocycles. The Hall–Kier alpha value is -4.84. The summed E-state index contributed by atoms with van der Waals surface area (Å²) in [6.45, 7) is 0.299. The number of benzene rings is 4. The van der Waals surface area contributed by atoms with Crippen LogP contribution in [0.5, 0.6) is 28.7 Å². The fourth-order valence-electron chi connectivity index (χ4n) is 3.23. The molecule has 0 bridgehead atoms. The van der Waals surface area contributed by atoms with Gasteiger partial charge in [-0.25, -0.2) is 0 Å². The SMILES string of the molecule is O=C(Nc1ccc(Oc2ccc(Oc3ccc(NCOc4ccccc4)cc3)cc2)cc1)C(F)(OF)C(F)(F)F. The van der Waals surface area contributed by atoms with E-state index < -0.39 is 17.9 Å². The molecule has 0 aliphatic heterocycles. The average Bonchev–Trinajstić information content (AvgIpc) is 2.95. The molecule has 4 rings (SSSR count). The van der Waals surface area contributed by atoms with E-state index in [1.807, 2.05) is 42.5 Å². The van der Waals surface area contributed by atoms with Gasteiger partial charge in [-0.1, -0.05) is 18.2 Å². The van der Waals surface area contributed by atoms with Crippen molar-refractivity contribution in [1.82, 2.24) is 0 Å². The summed E-state index contributed by atoms with van der Waals surface area (Å²) >= 11 is 0. The monoisotopic (exact) mass is 560 g/mol. The van der Waals surface area contributed by atoms with E-state index in [2.05, 4.69) is 10.3 Å². The molecule has 1 atom stereocenters. The molecule has 12 heteroatoms. The first-order chi connectivity index (χ1) is 19.2. The van der Waals surface area contributed by atoms with E-state index in [-0.39, 0.29) is 11.4 Å². The molecule has 208 valence electrons. The molecule has 1 unspecified atom stereocenters. The maximum atomic E-state index is 13.6. The topological polar surface area (TPSA) is 78.1 Å². The van der Waals surface area contributed by atoms with Crippen LogP contribution in [0.1, 0.15) is 0 Å². The van der Waals surface area contributed by atoms with Crippen molar-refractivity contribution < 1.29 is 46.0 Å².